The van der Waals surface area contributed by atoms with E-state index < -0.39 is 6.10 Å². The van der Waals surface area contributed by atoms with Gasteiger partial charge in [-0.3, -0.25) is 9.36 Å². The summed E-state index contributed by atoms with van der Waals surface area (Å²) in [6.07, 6.45) is 4.54. The standard InChI is InChI=1S/C10H14N4O/c1-3-14-7-8(6-12-14)10(15)9-4-5-11-13(9)2/h4-7,10,15H,3H2,1-2H3. The molecular weight excluding hydrogens is 192 g/mol. The third-order valence-corrected chi connectivity index (χ3v) is 2.43. The molecule has 0 spiro atoms. The van der Waals surface area contributed by atoms with E-state index in [1.165, 1.54) is 0 Å². The van der Waals surface area contributed by atoms with E-state index in [0.717, 1.165) is 17.8 Å². The molecule has 15 heavy (non-hydrogen) atoms. The molecule has 0 bridgehead atoms. The van der Waals surface area contributed by atoms with Crippen LogP contribution in [0.2, 0.25) is 0 Å². The Morgan fingerprint density at radius 2 is 2.27 bits per heavy atom. The van der Waals surface area contributed by atoms with Crippen molar-refractivity contribution in [1.82, 2.24) is 19.6 Å². The summed E-state index contributed by atoms with van der Waals surface area (Å²) in [6.45, 7) is 2.81. The monoisotopic (exact) mass is 206 g/mol. The zero-order valence-corrected chi connectivity index (χ0v) is 8.83. The van der Waals surface area contributed by atoms with Gasteiger partial charge in [-0.2, -0.15) is 10.2 Å². The van der Waals surface area contributed by atoms with Gasteiger partial charge in [-0.25, -0.2) is 0 Å². The molecule has 0 radical (unpaired) electrons. The Bertz CT molecular complexity index is 446. The molecule has 2 aromatic rings. The number of aliphatic hydroxyl groups excluding tert-OH is 1. The predicted molar refractivity (Wildman–Crippen MR) is 55.2 cm³/mol. The van der Waals surface area contributed by atoms with Crippen molar-refractivity contribution in [2.24, 2.45) is 7.05 Å². The van der Waals surface area contributed by atoms with E-state index in [0.29, 0.717) is 0 Å². The zero-order valence-electron chi connectivity index (χ0n) is 8.83. The van der Waals surface area contributed by atoms with Crippen LogP contribution in [0.3, 0.4) is 0 Å². The Kier molecular flexibility index (Phi) is 2.55. The molecule has 0 aliphatic rings. The zero-order chi connectivity index (χ0) is 10.8. The van der Waals surface area contributed by atoms with Crippen molar-refractivity contribution >= 4 is 0 Å². The lowest BCUT2D eigenvalue weighted by Crippen LogP contribution is -2.05. The van der Waals surface area contributed by atoms with Gasteiger partial charge in [0.1, 0.15) is 6.10 Å². The first-order valence-corrected chi connectivity index (χ1v) is 4.90. The smallest absolute Gasteiger partial charge is 0.124 e. The van der Waals surface area contributed by atoms with Crippen LogP contribution in [0.5, 0.6) is 0 Å². The summed E-state index contributed by atoms with van der Waals surface area (Å²) in [5, 5.41) is 18.2. The second kappa shape index (κ2) is 3.86. The highest BCUT2D eigenvalue weighted by molar-refractivity contribution is 5.20. The maximum absolute atomic E-state index is 10.1. The molecule has 5 heteroatoms. The van der Waals surface area contributed by atoms with E-state index in [2.05, 4.69) is 10.2 Å². The first-order valence-electron chi connectivity index (χ1n) is 4.90. The molecular formula is C10H14N4O. The fourth-order valence-electron chi connectivity index (χ4n) is 1.52. The van der Waals surface area contributed by atoms with Crippen LogP contribution in [-0.4, -0.2) is 24.7 Å². The lowest BCUT2D eigenvalue weighted by Gasteiger charge is -2.08. The third-order valence-electron chi connectivity index (χ3n) is 2.43. The molecule has 0 aliphatic heterocycles. The van der Waals surface area contributed by atoms with E-state index in [9.17, 15) is 5.11 Å². The van der Waals surface area contributed by atoms with Gasteiger partial charge in [0, 0.05) is 31.5 Å². The highest BCUT2D eigenvalue weighted by atomic mass is 16.3. The average Bonchev–Trinajstić information content (AvgIpc) is 2.84. The second-order valence-electron chi connectivity index (χ2n) is 3.41. The number of rotatable bonds is 3. The Balaban J connectivity index is 2.28. The van der Waals surface area contributed by atoms with Crippen LogP contribution >= 0.6 is 0 Å². The molecule has 0 fully saturated rings. The second-order valence-corrected chi connectivity index (χ2v) is 3.41. The van der Waals surface area contributed by atoms with E-state index in [4.69, 9.17) is 0 Å². The summed E-state index contributed by atoms with van der Waals surface area (Å²) in [7, 11) is 1.81. The summed E-state index contributed by atoms with van der Waals surface area (Å²) in [4.78, 5) is 0. The summed E-state index contributed by atoms with van der Waals surface area (Å²) >= 11 is 0. The molecule has 0 amide bonds. The van der Waals surface area contributed by atoms with Crippen molar-refractivity contribution in [3.8, 4) is 0 Å². The third kappa shape index (κ3) is 1.78. The molecule has 1 atom stereocenters. The van der Waals surface area contributed by atoms with Crippen LogP contribution < -0.4 is 0 Å². The molecule has 80 valence electrons. The molecule has 0 aliphatic carbocycles. The maximum atomic E-state index is 10.1. The fraction of sp³-hybridized carbons (Fsp3) is 0.400. The average molecular weight is 206 g/mol. The fourth-order valence-corrected chi connectivity index (χ4v) is 1.52. The van der Waals surface area contributed by atoms with Crippen LogP contribution in [0.15, 0.2) is 24.7 Å². The molecule has 1 unspecified atom stereocenters. The summed E-state index contributed by atoms with van der Waals surface area (Å²) in [5.74, 6) is 0. The predicted octanol–water partition coefficient (Wildman–Crippen LogP) is 0.718. The molecule has 5 nitrogen and oxygen atoms in total. The number of aliphatic hydroxyl groups is 1. The number of aryl methyl sites for hydroxylation is 2. The minimum absolute atomic E-state index is 0.655. The number of aromatic nitrogens is 4. The minimum Gasteiger partial charge on any atom is -0.382 e. The van der Waals surface area contributed by atoms with Gasteiger partial charge < -0.3 is 5.11 Å². The Hall–Kier alpha value is -1.62. The van der Waals surface area contributed by atoms with Gasteiger partial charge >= 0.3 is 0 Å². The molecule has 0 saturated heterocycles. The van der Waals surface area contributed by atoms with Crippen molar-refractivity contribution in [1.29, 1.82) is 0 Å². The number of hydrogen-bond acceptors (Lipinski definition) is 3. The van der Waals surface area contributed by atoms with E-state index in [1.807, 2.05) is 20.2 Å². The van der Waals surface area contributed by atoms with Crippen LogP contribution in [0.25, 0.3) is 0 Å². The van der Waals surface area contributed by atoms with Crippen LogP contribution in [0.4, 0.5) is 0 Å². The Morgan fingerprint density at radius 3 is 2.80 bits per heavy atom. The lowest BCUT2D eigenvalue weighted by atomic mass is 10.1. The summed E-state index contributed by atoms with van der Waals surface area (Å²) in [6, 6.07) is 1.80. The van der Waals surface area contributed by atoms with Gasteiger partial charge in [-0.15, -0.1) is 0 Å². The van der Waals surface area contributed by atoms with Gasteiger partial charge in [-0.05, 0) is 13.0 Å². The minimum atomic E-state index is -0.655. The van der Waals surface area contributed by atoms with Gasteiger partial charge in [0.15, 0.2) is 0 Å². The van der Waals surface area contributed by atoms with Gasteiger partial charge in [0.2, 0.25) is 0 Å². The van der Waals surface area contributed by atoms with Crippen LogP contribution in [0, 0.1) is 0 Å². The highest BCUT2D eigenvalue weighted by Crippen LogP contribution is 2.20. The van der Waals surface area contributed by atoms with Gasteiger partial charge in [-0.1, -0.05) is 0 Å². The molecule has 0 saturated carbocycles. The number of hydrogen-bond donors (Lipinski definition) is 1. The van der Waals surface area contributed by atoms with E-state index in [1.54, 1.807) is 27.8 Å². The van der Waals surface area contributed by atoms with Crippen molar-refractivity contribution in [3.05, 3.63) is 35.9 Å². The van der Waals surface area contributed by atoms with Gasteiger partial charge in [0.05, 0.1) is 11.9 Å². The van der Waals surface area contributed by atoms with E-state index >= 15 is 0 Å². The lowest BCUT2D eigenvalue weighted by molar-refractivity contribution is 0.209. The van der Waals surface area contributed by atoms with E-state index in [-0.39, 0.29) is 0 Å². The largest absolute Gasteiger partial charge is 0.382 e. The molecule has 2 aromatic heterocycles. The van der Waals surface area contributed by atoms with Crippen molar-refractivity contribution < 1.29 is 5.11 Å². The number of nitrogens with zero attached hydrogens (tertiary/aromatic N) is 4. The summed E-state index contributed by atoms with van der Waals surface area (Å²) in [5.41, 5.74) is 1.56. The molecule has 1 N–H and O–H groups in total. The molecule has 2 heterocycles. The van der Waals surface area contributed by atoms with Gasteiger partial charge in [0.25, 0.3) is 0 Å². The topological polar surface area (TPSA) is 55.9 Å². The SMILES string of the molecule is CCn1cc(C(O)c2ccnn2C)cn1. The Labute approximate surface area is 88.0 Å². The first kappa shape index (κ1) is 9.92. The normalized spacial score (nSPS) is 13.0. The maximum Gasteiger partial charge on any atom is 0.124 e. The summed E-state index contributed by atoms with van der Waals surface area (Å²) < 4.78 is 3.45. The van der Waals surface area contributed by atoms with Crippen molar-refractivity contribution in [2.75, 3.05) is 0 Å². The van der Waals surface area contributed by atoms with Crippen LogP contribution in [0.1, 0.15) is 24.3 Å². The van der Waals surface area contributed by atoms with Crippen molar-refractivity contribution in [3.63, 3.8) is 0 Å². The Morgan fingerprint density at radius 1 is 1.47 bits per heavy atom. The quantitative estimate of drug-likeness (QED) is 0.805. The molecule has 2 rings (SSSR count). The highest BCUT2D eigenvalue weighted by Gasteiger charge is 2.15. The van der Waals surface area contributed by atoms with Crippen molar-refractivity contribution in [2.45, 2.75) is 19.6 Å². The van der Waals surface area contributed by atoms with Crippen LogP contribution in [-0.2, 0) is 13.6 Å². The molecule has 0 aromatic carbocycles. The first-order chi connectivity index (χ1) is 7.22.